The van der Waals surface area contributed by atoms with E-state index < -0.39 is 18.7 Å². The lowest BCUT2D eigenvalue weighted by molar-refractivity contribution is -0.251. The van der Waals surface area contributed by atoms with Gasteiger partial charge < -0.3 is 20.1 Å². The zero-order valence-corrected chi connectivity index (χ0v) is 4.90. The summed E-state index contributed by atoms with van der Waals surface area (Å²) >= 11 is 0. The van der Waals surface area contributed by atoms with Crippen LogP contribution in [0.15, 0.2) is 0 Å². The van der Waals surface area contributed by atoms with Gasteiger partial charge in [0, 0.05) is 12.8 Å². The topological polar surface area (TPSA) is 69.9 Å². The summed E-state index contributed by atoms with van der Waals surface area (Å²) in [4.78, 5) is 0. The van der Waals surface area contributed by atoms with Gasteiger partial charge in [0.15, 0.2) is 12.6 Å². The van der Waals surface area contributed by atoms with Gasteiger partial charge in [0.25, 0.3) is 0 Å². The molecule has 0 aromatic carbocycles. The highest BCUT2D eigenvalue weighted by atomic mass is 16.7. The molecule has 1 saturated heterocycles. The highest BCUT2D eigenvalue weighted by Gasteiger charge is 2.24. The van der Waals surface area contributed by atoms with Crippen molar-refractivity contribution in [3.63, 3.8) is 0 Å². The molecular formula is C5H10O4. The predicted octanol–water partition coefficient (Wildman–Crippen LogP) is -1.21. The standard InChI is InChI=1S/C5H10O4/c6-3-1-4(7)9-5(8)2-3/h3-8H,1-2H2/t3?,4-,5?/m0/s1. The van der Waals surface area contributed by atoms with Gasteiger partial charge in [0.2, 0.25) is 0 Å². The molecule has 0 radical (unpaired) electrons. The second-order valence-corrected chi connectivity index (χ2v) is 2.17. The SMILES string of the molecule is OC1CC(O)O[C@H](O)C1. The average molecular weight is 134 g/mol. The molecule has 1 fully saturated rings. The minimum atomic E-state index is -1.01. The van der Waals surface area contributed by atoms with Gasteiger partial charge in [0.05, 0.1) is 6.10 Å². The Kier molecular flexibility index (Phi) is 2.02. The Morgan fingerprint density at radius 1 is 1.00 bits per heavy atom. The van der Waals surface area contributed by atoms with Gasteiger partial charge in [-0.15, -0.1) is 0 Å². The summed E-state index contributed by atoms with van der Waals surface area (Å²) in [5, 5.41) is 26.3. The predicted molar refractivity (Wildman–Crippen MR) is 28.3 cm³/mol. The van der Waals surface area contributed by atoms with E-state index in [0.29, 0.717) is 0 Å². The zero-order chi connectivity index (χ0) is 6.85. The monoisotopic (exact) mass is 134 g/mol. The van der Waals surface area contributed by atoms with E-state index in [1.807, 2.05) is 0 Å². The first kappa shape index (κ1) is 6.95. The molecule has 1 aliphatic heterocycles. The van der Waals surface area contributed by atoms with E-state index in [1.165, 1.54) is 0 Å². The number of ether oxygens (including phenoxy) is 1. The van der Waals surface area contributed by atoms with E-state index in [1.54, 1.807) is 0 Å². The van der Waals surface area contributed by atoms with Crippen LogP contribution in [0.2, 0.25) is 0 Å². The number of aliphatic hydroxyl groups excluding tert-OH is 3. The van der Waals surface area contributed by atoms with Crippen LogP contribution in [0.25, 0.3) is 0 Å². The Bertz CT molecular complexity index is 69.9. The van der Waals surface area contributed by atoms with Gasteiger partial charge in [-0.2, -0.15) is 0 Å². The molecule has 3 N–H and O–H groups in total. The molecule has 54 valence electrons. The van der Waals surface area contributed by atoms with Crippen LogP contribution in [0.1, 0.15) is 12.8 Å². The minimum absolute atomic E-state index is 0.192. The molecule has 0 amide bonds. The fourth-order valence-electron chi connectivity index (χ4n) is 0.854. The molecule has 0 bridgehead atoms. The van der Waals surface area contributed by atoms with Crippen LogP contribution in [0.3, 0.4) is 0 Å². The van der Waals surface area contributed by atoms with Gasteiger partial charge in [-0.3, -0.25) is 0 Å². The lowest BCUT2D eigenvalue weighted by Gasteiger charge is -2.26. The lowest BCUT2D eigenvalue weighted by atomic mass is 10.1. The van der Waals surface area contributed by atoms with Gasteiger partial charge >= 0.3 is 0 Å². The first-order valence-electron chi connectivity index (χ1n) is 2.88. The van der Waals surface area contributed by atoms with E-state index in [0.717, 1.165) is 0 Å². The van der Waals surface area contributed by atoms with Crippen molar-refractivity contribution in [2.24, 2.45) is 0 Å². The van der Waals surface area contributed by atoms with Crippen LogP contribution < -0.4 is 0 Å². The fraction of sp³-hybridized carbons (Fsp3) is 1.00. The normalized spacial score (nSPS) is 45.0. The Hall–Kier alpha value is -0.160. The minimum Gasteiger partial charge on any atom is -0.393 e. The van der Waals surface area contributed by atoms with Gasteiger partial charge in [-0.05, 0) is 0 Å². The number of hydrogen-bond acceptors (Lipinski definition) is 4. The summed E-state index contributed by atoms with van der Waals surface area (Å²) in [5.41, 5.74) is 0. The third-order valence-electron chi connectivity index (χ3n) is 1.26. The molecule has 0 spiro atoms. The van der Waals surface area contributed by atoms with Gasteiger partial charge in [0.1, 0.15) is 0 Å². The summed E-state index contributed by atoms with van der Waals surface area (Å²) in [6.07, 6.45) is -2.27. The van der Waals surface area contributed by atoms with Crippen molar-refractivity contribution >= 4 is 0 Å². The second-order valence-electron chi connectivity index (χ2n) is 2.17. The van der Waals surface area contributed by atoms with Gasteiger partial charge in [-0.1, -0.05) is 0 Å². The molecule has 1 heterocycles. The average Bonchev–Trinajstić information content (AvgIpc) is 1.59. The molecular weight excluding hydrogens is 124 g/mol. The summed E-state index contributed by atoms with van der Waals surface area (Å²) in [6, 6.07) is 0. The van der Waals surface area contributed by atoms with Gasteiger partial charge in [-0.25, -0.2) is 0 Å². The number of aliphatic hydroxyl groups is 3. The molecule has 4 nitrogen and oxygen atoms in total. The quantitative estimate of drug-likeness (QED) is 0.389. The summed E-state index contributed by atoms with van der Waals surface area (Å²) < 4.78 is 4.51. The summed E-state index contributed by atoms with van der Waals surface area (Å²) in [5.74, 6) is 0. The third kappa shape index (κ3) is 1.91. The Labute approximate surface area is 52.7 Å². The van der Waals surface area contributed by atoms with Crippen LogP contribution in [0.4, 0.5) is 0 Å². The van der Waals surface area contributed by atoms with Crippen molar-refractivity contribution in [3.8, 4) is 0 Å². The van der Waals surface area contributed by atoms with Crippen LogP contribution in [-0.2, 0) is 4.74 Å². The van der Waals surface area contributed by atoms with Crippen molar-refractivity contribution in [2.75, 3.05) is 0 Å². The molecule has 0 saturated carbocycles. The fourth-order valence-corrected chi connectivity index (χ4v) is 0.854. The van der Waals surface area contributed by atoms with Crippen LogP contribution in [0, 0.1) is 0 Å². The molecule has 0 aliphatic carbocycles. The second kappa shape index (κ2) is 2.62. The Balaban J connectivity index is 2.34. The third-order valence-corrected chi connectivity index (χ3v) is 1.26. The molecule has 2 unspecified atom stereocenters. The molecule has 4 heteroatoms. The Morgan fingerprint density at radius 3 is 1.78 bits per heavy atom. The first-order chi connectivity index (χ1) is 4.18. The van der Waals surface area contributed by atoms with Crippen molar-refractivity contribution in [1.82, 2.24) is 0 Å². The van der Waals surface area contributed by atoms with Crippen molar-refractivity contribution < 1.29 is 20.1 Å². The maximum Gasteiger partial charge on any atom is 0.160 e. The van der Waals surface area contributed by atoms with Crippen molar-refractivity contribution in [2.45, 2.75) is 31.5 Å². The number of rotatable bonds is 0. The maximum absolute atomic E-state index is 8.85. The molecule has 9 heavy (non-hydrogen) atoms. The van der Waals surface area contributed by atoms with E-state index >= 15 is 0 Å². The molecule has 0 aromatic rings. The largest absolute Gasteiger partial charge is 0.393 e. The van der Waals surface area contributed by atoms with Crippen LogP contribution >= 0.6 is 0 Å². The Morgan fingerprint density at radius 2 is 1.44 bits per heavy atom. The smallest absolute Gasteiger partial charge is 0.160 e. The van der Waals surface area contributed by atoms with Crippen LogP contribution in [0.5, 0.6) is 0 Å². The lowest BCUT2D eigenvalue weighted by Crippen LogP contribution is -2.35. The van der Waals surface area contributed by atoms with E-state index in [4.69, 9.17) is 15.3 Å². The van der Waals surface area contributed by atoms with Crippen molar-refractivity contribution in [3.05, 3.63) is 0 Å². The van der Waals surface area contributed by atoms with Crippen molar-refractivity contribution in [1.29, 1.82) is 0 Å². The van der Waals surface area contributed by atoms with E-state index in [-0.39, 0.29) is 12.8 Å². The van der Waals surface area contributed by atoms with E-state index in [2.05, 4.69) is 4.74 Å². The zero-order valence-electron chi connectivity index (χ0n) is 4.90. The summed E-state index contributed by atoms with van der Waals surface area (Å²) in [6.45, 7) is 0. The molecule has 3 atom stereocenters. The maximum atomic E-state index is 8.85. The van der Waals surface area contributed by atoms with Crippen LogP contribution in [-0.4, -0.2) is 34.0 Å². The molecule has 1 rings (SSSR count). The molecule has 0 aromatic heterocycles. The highest BCUT2D eigenvalue weighted by Crippen LogP contribution is 2.15. The highest BCUT2D eigenvalue weighted by molar-refractivity contribution is 4.64. The molecule has 1 aliphatic rings. The van der Waals surface area contributed by atoms with E-state index in [9.17, 15) is 0 Å². The summed E-state index contributed by atoms with van der Waals surface area (Å²) in [7, 11) is 0. The number of hydrogen-bond donors (Lipinski definition) is 3. The first-order valence-corrected chi connectivity index (χ1v) is 2.88.